The number of hydrogen-bond acceptors (Lipinski definition) is 6. The molecular formula is C28H25N3O5. The van der Waals surface area contributed by atoms with Gasteiger partial charge in [0.25, 0.3) is 5.69 Å². The van der Waals surface area contributed by atoms with E-state index in [1.165, 1.54) is 19.1 Å². The number of amides is 1. The van der Waals surface area contributed by atoms with Gasteiger partial charge >= 0.3 is 0 Å². The Morgan fingerprint density at radius 2 is 1.78 bits per heavy atom. The van der Waals surface area contributed by atoms with E-state index < -0.39 is 11.0 Å². The number of carbonyl (C=O) groups excluding carboxylic acids is 2. The summed E-state index contributed by atoms with van der Waals surface area (Å²) in [5.41, 5.74) is 4.20. The molecule has 8 heteroatoms. The highest BCUT2D eigenvalue weighted by molar-refractivity contribution is 6.06. The third kappa shape index (κ3) is 4.11. The van der Waals surface area contributed by atoms with Crippen LogP contribution in [0.25, 0.3) is 0 Å². The average Bonchev–Trinajstić information content (AvgIpc) is 3.03. The summed E-state index contributed by atoms with van der Waals surface area (Å²) >= 11 is 0. The third-order valence-electron chi connectivity index (χ3n) is 6.81. The molecule has 1 aliphatic carbocycles. The van der Waals surface area contributed by atoms with Crippen molar-refractivity contribution in [2.75, 3.05) is 17.3 Å². The maximum absolute atomic E-state index is 13.8. The Morgan fingerprint density at radius 3 is 2.47 bits per heavy atom. The highest BCUT2D eigenvalue weighted by atomic mass is 16.6. The summed E-state index contributed by atoms with van der Waals surface area (Å²) in [6.07, 6.45) is 0.672. The number of Topliss-reactive ketones (excluding diaryl/α,β-unsaturated/α-hetero) is 1. The van der Waals surface area contributed by atoms with Gasteiger partial charge in [-0.25, -0.2) is 0 Å². The second-order valence-electron chi connectivity index (χ2n) is 8.98. The quantitative estimate of drug-likeness (QED) is 0.387. The maximum Gasteiger partial charge on any atom is 0.269 e. The van der Waals surface area contributed by atoms with E-state index in [9.17, 15) is 19.7 Å². The van der Waals surface area contributed by atoms with Gasteiger partial charge in [0.2, 0.25) is 5.91 Å². The van der Waals surface area contributed by atoms with Crippen molar-refractivity contribution in [1.29, 1.82) is 0 Å². The van der Waals surface area contributed by atoms with Crippen molar-refractivity contribution in [2.24, 2.45) is 0 Å². The Labute approximate surface area is 208 Å². The van der Waals surface area contributed by atoms with Gasteiger partial charge in [0.1, 0.15) is 5.75 Å². The van der Waals surface area contributed by atoms with Gasteiger partial charge in [0.05, 0.1) is 29.4 Å². The number of hydrogen-bond donors (Lipinski definition) is 1. The fourth-order valence-corrected chi connectivity index (χ4v) is 5.17. The van der Waals surface area contributed by atoms with Gasteiger partial charge in [0.15, 0.2) is 5.78 Å². The molecule has 0 fully saturated rings. The van der Waals surface area contributed by atoms with Crippen LogP contribution < -0.4 is 15.0 Å². The Morgan fingerprint density at radius 1 is 1.03 bits per heavy atom. The van der Waals surface area contributed by atoms with Crippen molar-refractivity contribution in [3.8, 4) is 5.75 Å². The molecule has 3 aromatic rings. The summed E-state index contributed by atoms with van der Waals surface area (Å²) in [4.78, 5) is 39.4. The van der Waals surface area contributed by atoms with Crippen molar-refractivity contribution in [2.45, 2.75) is 31.7 Å². The van der Waals surface area contributed by atoms with Gasteiger partial charge in [-0.05, 0) is 47.7 Å². The standard InChI is InChI=1S/C28H25N3O5/c1-17(32)30-25-9-4-3-8-23(25)29-24-15-20(19-6-5-7-21(14-19)31(34)35)16-26(33)27(24)28(30)18-10-12-22(36-2)13-11-18/h3-14,20,28-29H,15-16H2,1-2H3/t20-,28-/m0/s1. The number of para-hydroxylation sites is 2. The van der Waals surface area contributed by atoms with Crippen LogP contribution in [0.3, 0.4) is 0 Å². The predicted octanol–water partition coefficient (Wildman–Crippen LogP) is 5.52. The molecule has 1 heterocycles. The number of benzene rings is 3. The van der Waals surface area contributed by atoms with Gasteiger partial charge in [-0.3, -0.25) is 24.6 Å². The minimum absolute atomic E-state index is 0.00207. The van der Waals surface area contributed by atoms with Gasteiger partial charge in [0, 0.05) is 36.7 Å². The molecule has 0 unspecified atom stereocenters. The first-order valence-electron chi connectivity index (χ1n) is 11.7. The second-order valence-corrected chi connectivity index (χ2v) is 8.98. The molecule has 0 saturated heterocycles. The number of methoxy groups -OCH3 is 1. The van der Waals surface area contributed by atoms with Gasteiger partial charge in [-0.15, -0.1) is 0 Å². The molecule has 1 amide bonds. The van der Waals surface area contributed by atoms with E-state index in [1.807, 2.05) is 54.6 Å². The zero-order valence-electron chi connectivity index (χ0n) is 19.9. The summed E-state index contributed by atoms with van der Waals surface area (Å²) in [6, 6.07) is 20.7. The molecule has 0 radical (unpaired) electrons. The van der Waals surface area contributed by atoms with Gasteiger partial charge < -0.3 is 10.1 Å². The number of ether oxygens (including phenoxy) is 1. The van der Waals surface area contributed by atoms with Gasteiger partial charge in [-0.1, -0.05) is 36.4 Å². The van der Waals surface area contributed by atoms with Crippen LogP contribution in [-0.2, 0) is 9.59 Å². The molecule has 8 nitrogen and oxygen atoms in total. The summed E-state index contributed by atoms with van der Waals surface area (Å²) in [7, 11) is 1.59. The van der Waals surface area contributed by atoms with Crippen molar-refractivity contribution in [3.05, 3.63) is 105 Å². The van der Waals surface area contributed by atoms with E-state index in [2.05, 4.69) is 5.32 Å². The second kappa shape index (κ2) is 9.30. The summed E-state index contributed by atoms with van der Waals surface area (Å²) < 4.78 is 5.31. The fourth-order valence-electron chi connectivity index (χ4n) is 5.17. The molecule has 0 bridgehead atoms. The number of carbonyl (C=O) groups is 2. The van der Waals surface area contributed by atoms with Crippen LogP contribution in [-0.4, -0.2) is 23.7 Å². The molecule has 0 aromatic heterocycles. The van der Waals surface area contributed by atoms with E-state index in [-0.39, 0.29) is 29.7 Å². The molecule has 5 rings (SSSR count). The lowest BCUT2D eigenvalue weighted by Crippen LogP contribution is -2.37. The fraction of sp³-hybridized carbons (Fsp3) is 0.214. The number of nitro groups is 1. The number of anilines is 2. The van der Waals surface area contributed by atoms with E-state index >= 15 is 0 Å². The number of non-ortho nitro benzene ring substituents is 1. The Kier molecular flexibility index (Phi) is 6.01. The number of ketones is 1. The Bertz CT molecular complexity index is 1400. The normalized spacial score (nSPS) is 19.1. The van der Waals surface area contributed by atoms with Crippen molar-refractivity contribution in [3.63, 3.8) is 0 Å². The average molecular weight is 484 g/mol. The van der Waals surface area contributed by atoms with Crippen molar-refractivity contribution >= 4 is 28.8 Å². The molecule has 36 heavy (non-hydrogen) atoms. The lowest BCUT2D eigenvalue weighted by molar-refractivity contribution is -0.384. The smallest absolute Gasteiger partial charge is 0.269 e. The first kappa shape index (κ1) is 23.3. The van der Waals surface area contributed by atoms with E-state index in [1.54, 1.807) is 18.1 Å². The minimum atomic E-state index is -0.627. The van der Waals surface area contributed by atoms with Crippen LogP contribution in [0.1, 0.15) is 42.9 Å². The predicted molar refractivity (Wildman–Crippen MR) is 136 cm³/mol. The number of allylic oxidation sites excluding steroid dienone is 1. The molecular weight excluding hydrogens is 458 g/mol. The highest BCUT2D eigenvalue weighted by Crippen LogP contribution is 2.47. The topological polar surface area (TPSA) is 102 Å². The Balaban J connectivity index is 1.67. The van der Waals surface area contributed by atoms with Crippen molar-refractivity contribution in [1.82, 2.24) is 0 Å². The molecule has 2 atom stereocenters. The van der Waals surface area contributed by atoms with E-state index in [0.717, 1.165) is 22.5 Å². The lowest BCUT2D eigenvalue weighted by atomic mass is 9.78. The zero-order chi connectivity index (χ0) is 25.4. The zero-order valence-corrected chi connectivity index (χ0v) is 19.9. The molecule has 3 aromatic carbocycles. The molecule has 182 valence electrons. The maximum atomic E-state index is 13.8. The first-order valence-corrected chi connectivity index (χ1v) is 11.7. The third-order valence-corrected chi connectivity index (χ3v) is 6.81. The molecule has 0 spiro atoms. The molecule has 0 saturated carbocycles. The summed E-state index contributed by atoms with van der Waals surface area (Å²) in [6.45, 7) is 1.50. The highest BCUT2D eigenvalue weighted by Gasteiger charge is 2.41. The van der Waals surface area contributed by atoms with Crippen LogP contribution in [0.4, 0.5) is 17.1 Å². The minimum Gasteiger partial charge on any atom is -0.497 e. The SMILES string of the molecule is COc1ccc([C@H]2C3=C(C[C@H](c4cccc([N+](=O)[O-])c4)CC3=O)Nc3ccccc3N2C(C)=O)cc1. The van der Waals surface area contributed by atoms with Crippen LogP contribution in [0, 0.1) is 10.1 Å². The van der Waals surface area contributed by atoms with E-state index in [4.69, 9.17) is 4.74 Å². The largest absolute Gasteiger partial charge is 0.497 e. The lowest BCUT2D eigenvalue weighted by Gasteiger charge is -2.34. The van der Waals surface area contributed by atoms with Crippen LogP contribution in [0.2, 0.25) is 0 Å². The summed E-state index contributed by atoms with van der Waals surface area (Å²) in [5.74, 6) is 0.166. The first-order chi connectivity index (χ1) is 17.4. The number of nitro benzene ring substituents is 1. The monoisotopic (exact) mass is 483 g/mol. The number of fused-ring (bicyclic) bond motifs is 1. The molecule has 2 aliphatic rings. The molecule has 1 N–H and O–H groups in total. The number of nitrogens with zero attached hydrogens (tertiary/aromatic N) is 2. The van der Waals surface area contributed by atoms with Crippen LogP contribution in [0.5, 0.6) is 5.75 Å². The van der Waals surface area contributed by atoms with E-state index in [0.29, 0.717) is 23.4 Å². The van der Waals surface area contributed by atoms with Gasteiger partial charge in [-0.2, -0.15) is 0 Å². The van der Waals surface area contributed by atoms with Crippen molar-refractivity contribution < 1.29 is 19.2 Å². The number of nitrogens with one attached hydrogen (secondary N) is 1. The number of rotatable bonds is 4. The van der Waals surface area contributed by atoms with Crippen LogP contribution in [0.15, 0.2) is 84.1 Å². The summed E-state index contributed by atoms with van der Waals surface area (Å²) in [5, 5.41) is 14.8. The van der Waals surface area contributed by atoms with Crippen LogP contribution >= 0.6 is 0 Å². The Hall–Kier alpha value is -4.46. The molecule has 1 aliphatic heterocycles.